The molecule has 5 nitrogen and oxygen atoms in total. The molecule has 31 heavy (non-hydrogen) atoms. The van der Waals surface area contributed by atoms with E-state index in [0.29, 0.717) is 0 Å². The van der Waals surface area contributed by atoms with Crippen LogP contribution in [0.4, 0.5) is 0 Å². The van der Waals surface area contributed by atoms with E-state index < -0.39 is 11.1 Å². The number of hydrogen-bond acceptors (Lipinski definition) is 4. The molecule has 0 fully saturated rings. The zero-order chi connectivity index (χ0) is 23.1. The van der Waals surface area contributed by atoms with Gasteiger partial charge in [0, 0.05) is 0 Å². The molecule has 0 amide bonds. The molecule has 0 radical (unpaired) electrons. The lowest BCUT2D eigenvalue weighted by Gasteiger charge is -2.23. The maximum atomic E-state index is 8.13. The number of rotatable bonds is 15. The van der Waals surface area contributed by atoms with Crippen LogP contribution in [-0.2, 0) is 0 Å². The van der Waals surface area contributed by atoms with Gasteiger partial charge in [0.2, 0.25) is 0 Å². The van der Waals surface area contributed by atoms with Gasteiger partial charge >= 0.3 is 0 Å². The summed E-state index contributed by atoms with van der Waals surface area (Å²) in [5.41, 5.74) is -0.880. The van der Waals surface area contributed by atoms with E-state index in [4.69, 9.17) is 21.0 Å². The van der Waals surface area contributed by atoms with E-state index >= 15 is 0 Å². The molecule has 0 heterocycles. The van der Waals surface area contributed by atoms with Crippen LogP contribution in [0.5, 0.6) is 0 Å². The lowest BCUT2D eigenvalue weighted by atomic mass is 10.0. The van der Waals surface area contributed by atoms with Crippen LogP contribution < -0.4 is 17.0 Å². The maximum Gasteiger partial charge on any atom is 0.158 e. The first-order valence-corrected chi connectivity index (χ1v) is 11.5. The second-order valence-corrected chi connectivity index (χ2v) is 8.81. The number of hydrogen-bond donors (Lipinski definition) is 0. The summed E-state index contributed by atoms with van der Waals surface area (Å²) in [6.45, 7) is 3.63. The number of quaternary nitrogens is 1. The van der Waals surface area contributed by atoms with E-state index in [1.54, 1.807) is 0 Å². The van der Waals surface area contributed by atoms with Gasteiger partial charge in [-0.3, -0.25) is 0 Å². The average molecular weight is 493 g/mol. The van der Waals surface area contributed by atoms with Crippen molar-refractivity contribution >= 4 is 0 Å². The van der Waals surface area contributed by atoms with E-state index in [1.807, 2.05) is 0 Å². The van der Waals surface area contributed by atoms with Gasteiger partial charge in [-0.1, -0.05) is 84.0 Å². The topological polar surface area (TPSA) is 95.2 Å². The minimum absolute atomic E-state index is 0. The van der Waals surface area contributed by atoms with Crippen molar-refractivity contribution in [2.75, 3.05) is 27.7 Å². The van der Waals surface area contributed by atoms with Crippen LogP contribution >= 0.6 is 0 Å². The minimum atomic E-state index is -0.440. The quantitative estimate of drug-likeness (QED) is 0.198. The molecule has 0 aromatic heterocycles. The first-order chi connectivity index (χ1) is 14.4. The first kappa shape index (κ1) is 33.8. The van der Waals surface area contributed by atoms with Crippen molar-refractivity contribution in [2.24, 2.45) is 0 Å². The molecule has 0 aliphatic carbocycles. The van der Waals surface area contributed by atoms with Gasteiger partial charge in [-0.25, -0.2) is 0 Å². The number of unbranched alkanes of at least 4 members (excludes halogenated alkanes) is 13. The summed E-state index contributed by atoms with van der Waals surface area (Å²) in [5, 5.41) is 32.5. The standard InChI is InChI=1S/C19H42N.C6N4.BrH/c1-5-6-7-8-9-10-11-12-13-14-15-16-17-18-19-20(2,3)4;7-1-5(2-8)6(3-9)4-10;/h5-19H2,1-4H3;;1H/q+1;;/p-1. The van der Waals surface area contributed by atoms with Gasteiger partial charge < -0.3 is 21.5 Å². The molecule has 0 rings (SSSR count). The molecule has 0 saturated heterocycles. The van der Waals surface area contributed by atoms with Crippen LogP contribution in [-0.4, -0.2) is 32.2 Å². The highest BCUT2D eigenvalue weighted by molar-refractivity contribution is 5.52. The summed E-state index contributed by atoms with van der Waals surface area (Å²) in [7, 11) is 6.88. The summed E-state index contributed by atoms with van der Waals surface area (Å²) < 4.78 is 1.12. The normalized spacial score (nSPS) is 9.55. The zero-order valence-corrected chi connectivity index (χ0v) is 21.8. The fraction of sp³-hybridized carbons (Fsp3) is 0.760. The van der Waals surface area contributed by atoms with Gasteiger partial charge in [0.15, 0.2) is 11.1 Å². The molecule has 0 saturated carbocycles. The van der Waals surface area contributed by atoms with Crippen LogP contribution in [0.2, 0.25) is 0 Å². The highest BCUT2D eigenvalue weighted by atomic mass is 79.9. The largest absolute Gasteiger partial charge is 1.00 e. The molecule has 0 unspecified atom stereocenters. The Morgan fingerprint density at radius 2 is 0.774 bits per heavy atom. The van der Waals surface area contributed by atoms with Crippen LogP contribution in [0.3, 0.4) is 0 Å². The molecule has 0 bridgehead atoms. The van der Waals surface area contributed by atoms with E-state index in [2.05, 4.69) is 28.1 Å². The third-order valence-electron chi connectivity index (χ3n) is 4.88. The van der Waals surface area contributed by atoms with E-state index in [-0.39, 0.29) is 17.0 Å². The number of nitriles is 4. The monoisotopic (exact) mass is 491 g/mol. The fourth-order valence-corrected chi connectivity index (χ4v) is 3.05. The molecule has 0 N–H and O–H groups in total. The fourth-order valence-electron chi connectivity index (χ4n) is 3.05. The summed E-state index contributed by atoms with van der Waals surface area (Å²) >= 11 is 0. The Hall–Kier alpha value is -1.86. The molecule has 0 spiro atoms. The Morgan fingerprint density at radius 3 is 1.00 bits per heavy atom. The minimum Gasteiger partial charge on any atom is -1.00 e. The van der Waals surface area contributed by atoms with Crippen molar-refractivity contribution < 1.29 is 21.5 Å². The predicted molar refractivity (Wildman–Crippen MR) is 123 cm³/mol. The Labute approximate surface area is 202 Å². The van der Waals surface area contributed by atoms with Crippen molar-refractivity contribution in [3.8, 4) is 24.3 Å². The number of nitrogens with zero attached hydrogens (tertiary/aromatic N) is 5. The Bertz CT molecular complexity index is 555. The first-order valence-electron chi connectivity index (χ1n) is 11.5. The Balaban J connectivity index is -0.000000604. The Morgan fingerprint density at radius 1 is 0.516 bits per heavy atom. The highest BCUT2D eigenvalue weighted by Gasteiger charge is 2.05. The van der Waals surface area contributed by atoms with Crippen molar-refractivity contribution in [2.45, 2.75) is 96.8 Å². The zero-order valence-electron chi connectivity index (χ0n) is 20.2. The van der Waals surface area contributed by atoms with Gasteiger partial charge in [-0.15, -0.1) is 0 Å². The lowest BCUT2D eigenvalue weighted by molar-refractivity contribution is -0.870. The number of allylic oxidation sites excluding steroid dienone is 2. The molecule has 0 aliphatic rings. The second kappa shape index (κ2) is 24.4. The highest BCUT2D eigenvalue weighted by Crippen LogP contribution is 2.13. The summed E-state index contributed by atoms with van der Waals surface area (Å²) in [4.78, 5) is 0. The lowest BCUT2D eigenvalue weighted by Crippen LogP contribution is -3.00. The number of halogens is 1. The van der Waals surface area contributed by atoms with Crippen LogP contribution in [0.15, 0.2) is 11.1 Å². The maximum absolute atomic E-state index is 8.13. The Kier molecular flexibility index (Phi) is 26.6. The molecular weight excluding hydrogens is 450 g/mol. The molecule has 0 aromatic rings. The van der Waals surface area contributed by atoms with Crippen LogP contribution in [0, 0.1) is 45.3 Å². The van der Waals surface area contributed by atoms with E-state index in [0.717, 1.165) is 4.48 Å². The van der Waals surface area contributed by atoms with Gasteiger partial charge in [-0.2, -0.15) is 21.0 Å². The SMILES string of the molecule is CCCCCCCCCCCCCCCC[N+](C)(C)C.N#CC(C#N)=C(C#N)C#N.[Br-]. The van der Waals surface area contributed by atoms with E-state index in [1.165, 1.54) is 121 Å². The molecule has 6 heteroatoms. The van der Waals surface area contributed by atoms with Gasteiger partial charge in [0.25, 0.3) is 0 Å². The molecule has 0 atom stereocenters. The smallest absolute Gasteiger partial charge is 0.158 e. The average Bonchev–Trinajstić information content (AvgIpc) is 2.72. The van der Waals surface area contributed by atoms with Crippen LogP contribution in [0.1, 0.15) is 96.8 Å². The third-order valence-corrected chi connectivity index (χ3v) is 4.88. The molecule has 0 aromatic carbocycles. The molecule has 0 aliphatic heterocycles. The van der Waals surface area contributed by atoms with Crippen LogP contribution in [0.25, 0.3) is 0 Å². The van der Waals surface area contributed by atoms with Gasteiger partial charge in [-0.05, 0) is 12.8 Å². The predicted octanol–water partition coefficient (Wildman–Crippen LogP) is 3.56. The molecule has 174 valence electrons. The van der Waals surface area contributed by atoms with Crippen molar-refractivity contribution in [3.05, 3.63) is 11.1 Å². The summed E-state index contributed by atoms with van der Waals surface area (Å²) in [5.74, 6) is 0. The van der Waals surface area contributed by atoms with Crippen molar-refractivity contribution in [1.29, 1.82) is 21.0 Å². The van der Waals surface area contributed by atoms with Gasteiger partial charge in [0.05, 0.1) is 27.7 Å². The van der Waals surface area contributed by atoms with Gasteiger partial charge in [0.1, 0.15) is 24.3 Å². The van der Waals surface area contributed by atoms with Crippen molar-refractivity contribution in [1.82, 2.24) is 0 Å². The molecular formula is C25H42BrN5. The second-order valence-electron chi connectivity index (χ2n) is 8.81. The van der Waals surface area contributed by atoms with E-state index in [9.17, 15) is 0 Å². The third kappa shape index (κ3) is 26.1. The summed E-state index contributed by atoms with van der Waals surface area (Å²) in [6.07, 6.45) is 20.4. The van der Waals surface area contributed by atoms with Crippen molar-refractivity contribution in [3.63, 3.8) is 0 Å². The summed E-state index contributed by atoms with van der Waals surface area (Å²) in [6, 6.07) is 5.71.